The fourth-order valence-electron chi connectivity index (χ4n) is 2.72. The van der Waals surface area contributed by atoms with Crippen molar-refractivity contribution in [3.63, 3.8) is 0 Å². The molecule has 0 radical (unpaired) electrons. The Hall–Kier alpha value is -0.930. The van der Waals surface area contributed by atoms with Gasteiger partial charge in [-0.1, -0.05) is 43.4 Å². The molecule has 2 atom stereocenters. The van der Waals surface area contributed by atoms with Gasteiger partial charge in [-0.05, 0) is 31.2 Å². The number of hydrogen-bond acceptors (Lipinski definition) is 2. The van der Waals surface area contributed by atoms with Crippen LogP contribution in [0.4, 0.5) is 0 Å². The van der Waals surface area contributed by atoms with Gasteiger partial charge < -0.3 is 5.73 Å². The summed E-state index contributed by atoms with van der Waals surface area (Å²) in [7, 11) is 0. The maximum atomic E-state index is 5.79. The van der Waals surface area contributed by atoms with E-state index in [9.17, 15) is 0 Å². The Balaban J connectivity index is 2.15. The molecule has 1 aliphatic rings. The maximum Gasteiger partial charge on any atom is 0.104 e. The second-order valence-corrected chi connectivity index (χ2v) is 5.92. The number of benzene rings is 1. The number of piperidine rings is 1. The lowest BCUT2D eigenvalue weighted by atomic mass is 9.94. The summed E-state index contributed by atoms with van der Waals surface area (Å²) < 4.78 is 0. The Kier molecular flexibility index (Phi) is 4.36. The Morgan fingerprint density at radius 2 is 2.06 bits per heavy atom. The van der Waals surface area contributed by atoms with Crippen molar-refractivity contribution in [2.75, 3.05) is 6.54 Å². The first-order valence-electron chi connectivity index (χ1n) is 6.69. The van der Waals surface area contributed by atoms with Crippen molar-refractivity contribution in [2.45, 2.75) is 39.3 Å². The summed E-state index contributed by atoms with van der Waals surface area (Å²) >= 11 is 5.13. The van der Waals surface area contributed by atoms with Crippen LogP contribution in [0.1, 0.15) is 37.8 Å². The minimum Gasteiger partial charge on any atom is -0.389 e. The number of nitrogens with two attached hydrogens (primary N) is 1. The van der Waals surface area contributed by atoms with Gasteiger partial charge in [0, 0.05) is 24.7 Å². The predicted octanol–water partition coefficient (Wildman–Crippen LogP) is 2.94. The number of rotatable bonds is 3. The summed E-state index contributed by atoms with van der Waals surface area (Å²) in [5, 5.41) is 0. The van der Waals surface area contributed by atoms with Gasteiger partial charge >= 0.3 is 0 Å². The van der Waals surface area contributed by atoms with Crippen molar-refractivity contribution < 1.29 is 0 Å². The molecule has 1 fully saturated rings. The monoisotopic (exact) mass is 262 g/mol. The summed E-state index contributed by atoms with van der Waals surface area (Å²) in [5.41, 5.74) is 8.08. The molecule has 2 N–H and O–H groups in total. The van der Waals surface area contributed by atoms with Crippen LogP contribution in [0, 0.1) is 5.92 Å². The Morgan fingerprint density at radius 3 is 2.78 bits per heavy atom. The third-order valence-corrected chi connectivity index (χ3v) is 4.12. The first kappa shape index (κ1) is 13.5. The molecule has 2 unspecified atom stereocenters. The van der Waals surface area contributed by atoms with Crippen molar-refractivity contribution >= 4 is 17.2 Å². The molecule has 0 aromatic heterocycles. The van der Waals surface area contributed by atoms with Crippen LogP contribution in [-0.4, -0.2) is 22.5 Å². The molecule has 0 spiro atoms. The van der Waals surface area contributed by atoms with Crippen LogP contribution in [-0.2, 0) is 6.54 Å². The van der Waals surface area contributed by atoms with Gasteiger partial charge in [-0.25, -0.2) is 0 Å². The van der Waals surface area contributed by atoms with Crippen LogP contribution in [0.2, 0.25) is 0 Å². The third kappa shape index (κ3) is 3.09. The molecule has 1 aliphatic heterocycles. The highest BCUT2D eigenvalue weighted by atomic mass is 32.1. The molecular formula is C15H22N2S. The van der Waals surface area contributed by atoms with Crippen LogP contribution in [0.25, 0.3) is 0 Å². The van der Waals surface area contributed by atoms with Gasteiger partial charge in [0.25, 0.3) is 0 Å². The quantitative estimate of drug-likeness (QED) is 0.849. The molecule has 18 heavy (non-hydrogen) atoms. The van der Waals surface area contributed by atoms with Gasteiger partial charge in [0.1, 0.15) is 4.99 Å². The molecule has 1 saturated heterocycles. The van der Waals surface area contributed by atoms with Gasteiger partial charge in [-0.2, -0.15) is 0 Å². The van der Waals surface area contributed by atoms with E-state index in [1.807, 2.05) is 12.1 Å². The normalized spacial score (nSPS) is 25.0. The zero-order valence-electron chi connectivity index (χ0n) is 11.2. The van der Waals surface area contributed by atoms with E-state index in [4.69, 9.17) is 18.0 Å². The second-order valence-electron chi connectivity index (χ2n) is 5.48. The number of thiocarbonyl (C=S) groups is 1. The minimum absolute atomic E-state index is 0.503. The highest BCUT2D eigenvalue weighted by molar-refractivity contribution is 7.80. The molecule has 1 aromatic carbocycles. The van der Waals surface area contributed by atoms with Gasteiger partial charge in [0.05, 0.1) is 0 Å². The average Bonchev–Trinajstić information content (AvgIpc) is 2.34. The molecule has 98 valence electrons. The summed E-state index contributed by atoms with van der Waals surface area (Å²) in [6.45, 7) is 6.78. The fourth-order valence-corrected chi connectivity index (χ4v) is 2.92. The molecular weight excluding hydrogens is 240 g/mol. The van der Waals surface area contributed by atoms with Gasteiger partial charge in [0.2, 0.25) is 0 Å². The highest BCUT2D eigenvalue weighted by Crippen LogP contribution is 2.24. The molecule has 2 nitrogen and oxygen atoms in total. The maximum absolute atomic E-state index is 5.79. The highest BCUT2D eigenvalue weighted by Gasteiger charge is 2.23. The van der Waals surface area contributed by atoms with E-state index < -0.39 is 0 Å². The van der Waals surface area contributed by atoms with Crippen LogP contribution in [0.3, 0.4) is 0 Å². The van der Waals surface area contributed by atoms with Gasteiger partial charge in [-0.3, -0.25) is 4.90 Å². The number of nitrogens with zero attached hydrogens (tertiary/aromatic N) is 1. The Labute approximate surface area is 115 Å². The van der Waals surface area contributed by atoms with Crippen molar-refractivity contribution in [1.29, 1.82) is 0 Å². The van der Waals surface area contributed by atoms with Gasteiger partial charge in [-0.15, -0.1) is 0 Å². The van der Waals surface area contributed by atoms with E-state index in [0.717, 1.165) is 18.0 Å². The van der Waals surface area contributed by atoms with E-state index in [0.29, 0.717) is 11.0 Å². The topological polar surface area (TPSA) is 29.3 Å². The van der Waals surface area contributed by atoms with E-state index in [2.05, 4.69) is 30.9 Å². The summed E-state index contributed by atoms with van der Waals surface area (Å²) in [4.78, 5) is 3.05. The van der Waals surface area contributed by atoms with Gasteiger partial charge in [0.15, 0.2) is 0 Å². The first-order chi connectivity index (χ1) is 8.58. The molecule has 1 heterocycles. The van der Waals surface area contributed by atoms with Crippen LogP contribution < -0.4 is 5.73 Å². The van der Waals surface area contributed by atoms with Crippen molar-refractivity contribution in [3.8, 4) is 0 Å². The van der Waals surface area contributed by atoms with Crippen molar-refractivity contribution in [2.24, 2.45) is 11.7 Å². The molecule has 0 bridgehead atoms. The lowest BCUT2D eigenvalue weighted by Gasteiger charge is -2.37. The molecule has 3 heteroatoms. The zero-order chi connectivity index (χ0) is 13.1. The smallest absolute Gasteiger partial charge is 0.104 e. The predicted molar refractivity (Wildman–Crippen MR) is 80.6 cm³/mol. The number of hydrogen-bond donors (Lipinski definition) is 1. The first-order valence-corrected chi connectivity index (χ1v) is 7.10. The average molecular weight is 262 g/mol. The molecule has 0 aliphatic carbocycles. The lowest BCUT2D eigenvalue weighted by Crippen LogP contribution is -2.40. The molecule has 1 aromatic rings. The van der Waals surface area contributed by atoms with E-state index >= 15 is 0 Å². The van der Waals surface area contributed by atoms with Crippen molar-refractivity contribution in [1.82, 2.24) is 4.90 Å². The Morgan fingerprint density at radius 1 is 1.33 bits per heavy atom. The Bertz CT molecular complexity index is 430. The molecule has 0 amide bonds. The lowest BCUT2D eigenvalue weighted by molar-refractivity contribution is 0.117. The fraction of sp³-hybridized carbons (Fsp3) is 0.533. The minimum atomic E-state index is 0.503. The van der Waals surface area contributed by atoms with Crippen LogP contribution >= 0.6 is 12.2 Å². The van der Waals surface area contributed by atoms with E-state index in [1.165, 1.54) is 24.9 Å². The molecule has 0 saturated carbocycles. The molecule has 2 rings (SSSR count). The largest absolute Gasteiger partial charge is 0.389 e. The van der Waals surface area contributed by atoms with Crippen LogP contribution in [0.15, 0.2) is 24.3 Å². The summed E-state index contributed by atoms with van der Waals surface area (Å²) in [6, 6.07) is 8.88. The SMILES string of the molecule is CC1CCC(C)N(Cc2ccccc2C(N)=S)C1. The van der Waals surface area contributed by atoms with Crippen molar-refractivity contribution in [3.05, 3.63) is 35.4 Å². The summed E-state index contributed by atoms with van der Waals surface area (Å²) in [6.07, 6.45) is 2.63. The van der Waals surface area contributed by atoms with E-state index in [-0.39, 0.29) is 0 Å². The second kappa shape index (κ2) is 5.81. The zero-order valence-corrected chi connectivity index (χ0v) is 12.0. The number of likely N-dealkylation sites (tertiary alicyclic amines) is 1. The summed E-state index contributed by atoms with van der Waals surface area (Å²) in [5.74, 6) is 0.790. The van der Waals surface area contributed by atoms with E-state index in [1.54, 1.807) is 0 Å². The standard InChI is InChI=1S/C15H22N2S/c1-11-7-8-12(2)17(9-11)10-13-5-3-4-6-14(13)15(16)18/h3-6,11-12H,7-10H2,1-2H3,(H2,16,18). The third-order valence-electron chi connectivity index (χ3n) is 3.90. The van der Waals surface area contributed by atoms with Crippen LogP contribution in [0.5, 0.6) is 0 Å².